The second-order valence-electron chi connectivity index (χ2n) is 3.59. The van der Waals surface area contributed by atoms with Gasteiger partial charge in [-0.2, -0.15) is 5.26 Å². The molecule has 0 saturated heterocycles. The van der Waals surface area contributed by atoms with E-state index in [1.807, 2.05) is 6.07 Å². The second-order valence-corrected chi connectivity index (χ2v) is 5.52. The van der Waals surface area contributed by atoms with Crippen LogP contribution in [-0.4, -0.2) is 25.2 Å². The number of aliphatic carboxylic acids is 1. The van der Waals surface area contributed by atoms with Crippen molar-refractivity contribution in [3.05, 3.63) is 35.4 Å². The monoisotopic (exact) mass is 268 g/mol. The number of hydrogen-bond acceptors (Lipinski definition) is 4. The highest BCUT2D eigenvalue weighted by atomic mass is 32.2. The molecule has 7 heteroatoms. The SMILES string of the molecule is N#Cc1ccc(CNS(=O)(=O)CCC(=O)O)cc1. The molecule has 1 aromatic rings. The van der Waals surface area contributed by atoms with Crippen LogP contribution in [0.2, 0.25) is 0 Å². The van der Waals surface area contributed by atoms with Crippen LogP contribution in [0.4, 0.5) is 0 Å². The van der Waals surface area contributed by atoms with Gasteiger partial charge in [-0.1, -0.05) is 12.1 Å². The van der Waals surface area contributed by atoms with Crippen LogP contribution in [0.25, 0.3) is 0 Å². The van der Waals surface area contributed by atoms with Crippen molar-refractivity contribution in [2.24, 2.45) is 0 Å². The van der Waals surface area contributed by atoms with Crippen LogP contribution in [0.5, 0.6) is 0 Å². The van der Waals surface area contributed by atoms with Gasteiger partial charge in [0, 0.05) is 6.54 Å². The molecule has 0 bridgehead atoms. The maximum absolute atomic E-state index is 11.4. The van der Waals surface area contributed by atoms with Gasteiger partial charge in [-0.3, -0.25) is 4.79 Å². The summed E-state index contributed by atoms with van der Waals surface area (Å²) in [5, 5.41) is 17.0. The summed E-state index contributed by atoms with van der Waals surface area (Å²) in [5.74, 6) is -1.60. The molecule has 0 atom stereocenters. The van der Waals surface area contributed by atoms with Crippen LogP contribution < -0.4 is 4.72 Å². The maximum Gasteiger partial charge on any atom is 0.304 e. The number of carbonyl (C=O) groups is 1. The summed E-state index contributed by atoms with van der Waals surface area (Å²) in [6, 6.07) is 8.40. The molecule has 18 heavy (non-hydrogen) atoms. The minimum absolute atomic E-state index is 0.0770. The van der Waals surface area contributed by atoms with E-state index >= 15 is 0 Å². The fourth-order valence-corrected chi connectivity index (χ4v) is 2.16. The molecule has 0 heterocycles. The van der Waals surface area contributed by atoms with E-state index in [1.54, 1.807) is 24.3 Å². The van der Waals surface area contributed by atoms with Gasteiger partial charge in [-0.25, -0.2) is 13.1 Å². The third-order valence-corrected chi connectivity index (χ3v) is 3.49. The molecule has 0 saturated carbocycles. The summed E-state index contributed by atoms with van der Waals surface area (Å²) >= 11 is 0. The largest absolute Gasteiger partial charge is 0.481 e. The highest BCUT2D eigenvalue weighted by Gasteiger charge is 2.12. The van der Waals surface area contributed by atoms with Crippen molar-refractivity contribution in [3.63, 3.8) is 0 Å². The van der Waals surface area contributed by atoms with Crippen molar-refractivity contribution < 1.29 is 18.3 Å². The van der Waals surface area contributed by atoms with Crippen molar-refractivity contribution in [2.45, 2.75) is 13.0 Å². The van der Waals surface area contributed by atoms with Crippen LogP contribution in [0.1, 0.15) is 17.5 Å². The summed E-state index contributed by atoms with van der Waals surface area (Å²) in [5.41, 5.74) is 1.19. The lowest BCUT2D eigenvalue weighted by molar-refractivity contribution is -0.136. The van der Waals surface area contributed by atoms with Gasteiger partial charge in [0.05, 0.1) is 23.8 Å². The molecule has 96 valence electrons. The van der Waals surface area contributed by atoms with Crippen LogP contribution in [0.15, 0.2) is 24.3 Å². The first-order chi connectivity index (χ1) is 8.43. The average Bonchev–Trinajstić information content (AvgIpc) is 2.35. The lowest BCUT2D eigenvalue weighted by Crippen LogP contribution is -2.27. The zero-order valence-corrected chi connectivity index (χ0v) is 10.3. The molecule has 0 spiro atoms. The molecule has 0 aliphatic rings. The maximum atomic E-state index is 11.4. The van der Waals surface area contributed by atoms with Crippen LogP contribution in [0.3, 0.4) is 0 Å². The third-order valence-electron chi connectivity index (χ3n) is 2.16. The van der Waals surface area contributed by atoms with Crippen LogP contribution in [-0.2, 0) is 21.4 Å². The van der Waals surface area contributed by atoms with Gasteiger partial charge in [-0.05, 0) is 17.7 Å². The van der Waals surface area contributed by atoms with Gasteiger partial charge >= 0.3 is 5.97 Å². The fourth-order valence-electron chi connectivity index (χ4n) is 1.18. The Balaban J connectivity index is 2.53. The normalized spacial score (nSPS) is 10.8. The van der Waals surface area contributed by atoms with E-state index in [-0.39, 0.29) is 6.54 Å². The summed E-state index contributed by atoms with van der Waals surface area (Å²) in [6.07, 6.45) is -0.428. The second kappa shape index (κ2) is 6.14. The molecule has 0 fully saturated rings. The third kappa shape index (κ3) is 4.95. The number of nitriles is 1. The van der Waals surface area contributed by atoms with Gasteiger partial charge in [0.1, 0.15) is 0 Å². The van der Waals surface area contributed by atoms with E-state index in [0.29, 0.717) is 11.1 Å². The van der Waals surface area contributed by atoms with Gasteiger partial charge in [0.2, 0.25) is 10.0 Å². The van der Waals surface area contributed by atoms with Gasteiger partial charge in [-0.15, -0.1) is 0 Å². The van der Waals surface area contributed by atoms with Crippen molar-refractivity contribution in [1.29, 1.82) is 5.26 Å². The number of sulfonamides is 1. The molecule has 0 aromatic heterocycles. The molecule has 2 N–H and O–H groups in total. The van der Waals surface area contributed by atoms with Crippen LogP contribution in [0, 0.1) is 11.3 Å². The van der Waals surface area contributed by atoms with Crippen molar-refractivity contribution in [3.8, 4) is 6.07 Å². The van der Waals surface area contributed by atoms with Crippen molar-refractivity contribution in [2.75, 3.05) is 5.75 Å². The predicted octanol–water partition coefficient (Wildman–Crippen LogP) is 0.452. The molecular weight excluding hydrogens is 256 g/mol. The van der Waals surface area contributed by atoms with Crippen molar-refractivity contribution >= 4 is 16.0 Å². The Kier molecular flexibility index (Phi) is 4.83. The molecule has 1 aromatic carbocycles. The minimum atomic E-state index is -3.59. The molecule has 0 aliphatic carbocycles. The molecule has 0 aliphatic heterocycles. The first kappa shape index (κ1) is 14.2. The molecule has 6 nitrogen and oxygen atoms in total. The number of rotatable bonds is 6. The van der Waals surface area contributed by atoms with Gasteiger partial charge in [0.15, 0.2) is 0 Å². The van der Waals surface area contributed by atoms with E-state index < -0.39 is 28.2 Å². The lowest BCUT2D eigenvalue weighted by atomic mass is 10.1. The standard InChI is InChI=1S/C11H12N2O4S/c12-7-9-1-3-10(4-2-9)8-13-18(16,17)6-5-11(14)15/h1-4,13H,5-6,8H2,(H,14,15). The minimum Gasteiger partial charge on any atom is -0.481 e. The zero-order valence-electron chi connectivity index (χ0n) is 9.46. The highest BCUT2D eigenvalue weighted by molar-refractivity contribution is 7.89. The predicted molar refractivity (Wildman–Crippen MR) is 64.0 cm³/mol. The molecular formula is C11H12N2O4S. The Morgan fingerprint density at radius 3 is 2.44 bits per heavy atom. The van der Waals surface area contributed by atoms with Gasteiger partial charge in [0.25, 0.3) is 0 Å². The van der Waals surface area contributed by atoms with E-state index in [4.69, 9.17) is 10.4 Å². The fraction of sp³-hybridized carbons (Fsp3) is 0.273. The summed E-state index contributed by atoms with van der Waals surface area (Å²) < 4.78 is 25.1. The van der Waals surface area contributed by atoms with Gasteiger partial charge < -0.3 is 5.11 Å². The number of nitrogens with one attached hydrogen (secondary N) is 1. The Morgan fingerprint density at radius 2 is 1.94 bits per heavy atom. The summed E-state index contributed by atoms with van der Waals surface area (Å²) in [7, 11) is -3.59. The highest BCUT2D eigenvalue weighted by Crippen LogP contribution is 2.03. The quantitative estimate of drug-likeness (QED) is 0.779. The number of nitrogens with zero attached hydrogens (tertiary/aromatic N) is 1. The number of hydrogen-bond donors (Lipinski definition) is 2. The van der Waals surface area contributed by atoms with Crippen molar-refractivity contribution in [1.82, 2.24) is 4.72 Å². The number of carboxylic acid groups (broad SMARTS) is 1. The Morgan fingerprint density at radius 1 is 1.33 bits per heavy atom. The Bertz CT molecular complexity index is 558. The van der Waals surface area contributed by atoms with E-state index in [9.17, 15) is 13.2 Å². The molecule has 0 amide bonds. The summed E-state index contributed by atoms with van der Waals surface area (Å²) in [4.78, 5) is 10.3. The number of benzene rings is 1. The molecule has 0 unspecified atom stereocenters. The lowest BCUT2D eigenvalue weighted by Gasteiger charge is -2.05. The summed E-state index contributed by atoms with van der Waals surface area (Å²) in [6.45, 7) is 0.0770. The average molecular weight is 268 g/mol. The topological polar surface area (TPSA) is 107 Å². The first-order valence-corrected chi connectivity index (χ1v) is 6.76. The smallest absolute Gasteiger partial charge is 0.304 e. The Hall–Kier alpha value is -1.91. The van der Waals surface area contributed by atoms with Crippen LogP contribution >= 0.6 is 0 Å². The van der Waals surface area contributed by atoms with E-state index in [0.717, 1.165) is 0 Å². The van der Waals surface area contributed by atoms with E-state index in [2.05, 4.69) is 4.72 Å². The van der Waals surface area contributed by atoms with E-state index in [1.165, 1.54) is 0 Å². The first-order valence-electron chi connectivity index (χ1n) is 5.11. The molecule has 1 rings (SSSR count). The molecule has 0 radical (unpaired) electrons. The zero-order chi connectivity index (χ0) is 13.6. The Labute approximate surface area is 105 Å². The number of carboxylic acids is 1.